The van der Waals surface area contributed by atoms with E-state index in [1.165, 1.54) is 4.90 Å². The smallest absolute Gasteiger partial charge is 0.373 e. The van der Waals surface area contributed by atoms with Crippen molar-refractivity contribution < 1.29 is 13.3 Å². The van der Waals surface area contributed by atoms with E-state index in [1.54, 1.807) is 0 Å². The number of hydrogen-bond donors (Lipinski definition) is 0. The van der Waals surface area contributed by atoms with Crippen LogP contribution in [0.2, 0.25) is 6.04 Å². The Labute approximate surface area is 160 Å². The number of unbranched alkanes of at least 4 members (excludes halogenated alkanes) is 3. The number of rotatable bonds is 16. The molecule has 1 rings (SSSR count). The lowest BCUT2D eigenvalue weighted by Gasteiger charge is -2.30. The van der Waals surface area contributed by atoms with E-state index in [-0.39, 0.29) is 0 Å². The first kappa shape index (κ1) is 22.7. The summed E-state index contributed by atoms with van der Waals surface area (Å²) in [5.41, 5.74) is 0. The molecule has 1 aromatic carbocycles. The molecule has 3 nitrogen and oxygen atoms in total. The van der Waals surface area contributed by atoms with Crippen molar-refractivity contribution in [3.05, 3.63) is 30.3 Å². The minimum Gasteiger partial charge on any atom is -0.373 e. The van der Waals surface area contributed by atoms with Gasteiger partial charge in [0.25, 0.3) is 0 Å². The van der Waals surface area contributed by atoms with Gasteiger partial charge >= 0.3 is 8.80 Å². The van der Waals surface area contributed by atoms with Crippen molar-refractivity contribution in [1.29, 1.82) is 0 Å². The highest BCUT2D eigenvalue weighted by Crippen LogP contribution is 2.25. The summed E-state index contributed by atoms with van der Waals surface area (Å²) in [7, 11) is -2.58. The summed E-state index contributed by atoms with van der Waals surface area (Å²) in [5.74, 6) is 0.973. The normalized spacial score (nSPS) is 11.8. The molecule has 0 aliphatic heterocycles. The van der Waals surface area contributed by atoms with Gasteiger partial charge in [-0.25, -0.2) is 0 Å². The lowest BCUT2D eigenvalue weighted by atomic mass is 10.4. The molecule has 0 radical (unpaired) electrons. The second-order valence-electron chi connectivity index (χ2n) is 6.20. The molecule has 144 valence electrons. The van der Waals surface area contributed by atoms with Gasteiger partial charge in [-0.2, -0.15) is 0 Å². The van der Waals surface area contributed by atoms with Crippen molar-refractivity contribution in [2.24, 2.45) is 0 Å². The SMILES string of the molecule is CCCCO[Si](CCSc1ccccc1)(OCCCC)OCCCC. The highest BCUT2D eigenvalue weighted by molar-refractivity contribution is 7.99. The van der Waals surface area contributed by atoms with E-state index in [9.17, 15) is 0 Å². The van der Waals surface area contributed by atoms with Crippen LogP contribution in [0.5, 0.6) is 0 Å². The molecule has 0 heterocycles. The molecule has 0 aliphatic carbocycles. The van der Waals surface area contributed by atoms with Crippen LogP contribution in [0.25, 0.3) is 0 Å². The summed E-state index contributed by atoms with van der Waals surface area (Å²) in [4.78, 5) is 1.29. The van der Waals surface area contributed by atoms with Crippen molar-refractivity contribution in [2.75, 3.05) is 25.6 Å². The molecule has 0 amide bonds. The van der Waals surface area contributed by atoms with E-state index in [0.29, 0.717) is 0 Å². The van der Waals surface area contributed by atoms with Gasteiger partial charge in [-0.05, 0) is 31.4 Å². The second kappa shape index (κ2) is 14.8. The third-order valence-corrected chi connectivity index (χ3v) is 8.05. The maximum atomic E-state index is 6.28. The van der Waals surface area contributed by atoms with Crippen molar-refractivity contribution in [3.63, 3.8) is 0 Å². The quantitative estimate of drug-likeness (QED) is 0.193. The van der Waals surface area contributed by atoms with E-state index in [4.69, 9.17) is 13.3 Å². The summed E-state index contributed by atoms with van der Waals surface area (Å²) < 4.78 is 18.8. The predicted octanol–water partition coefficient (Wildman–Crippen LogP) is 6.17. The molecule has 0 unspecified atom stereocenters. The number of hydrogen-bond acceptors (Lipinski definition) is 4. The molecule has 0 spiro atoms. The second-order valence-corrected chi connectivity index (χ2v) is 10.1. The van der Waals surface area contributed by atoms with Gasteiger partial charge in [0.15, 0.2) is 0 Å². The average Bonchev–Trinajstić information content (AvgIpc) is 2.63. The highest BCUT2D eigenvalue weighted by Gasteiger charge is 2.40. The summed E-state index contributed by atoms with van der Waals surface area (Å²) in [6, 6.07) is 11.4. The molecule has 5 heteroatoms. The standard InChI is InChI=1S/C20H36O3SSi/c1-4-7-15-21-25(22-16-8-5-2,23-17-9-6-3)19-18-24-20-13-11-10-12-14-20/h10-14H,4-9,15-19H2,1-3H3. The molecule has 1 aromatic rings. The van der Waals surface area contributed by atoms with Crippen LogP contribution in [-0.4, -0.2) is 34.4 Å². The molecule has 0 atom stereocenters. The van der Waals surface area contributed by atoms with Gasteiger partial charge in [0.1, 0.15) is 0 Å². The molecule has 0 fully saturated rings. The summed E-state index contributed by atoms with van der Waals surface area (Å²) in [5, 5.41) is 0. The zero-order chi connectivity index (χ0) is 18.2. The first-order chi connectivity index (χ1) is 12.3. The maximum Gasteiger partial charge on any atom is 0.501 e. The van der Waals surface area contributed by atoms with Gasteiger partial charge in [-0.3, -0.25) is 0 Å². The van der Waals surface area contributed by atoms with Gasteiger partial charge in [0.2, 0.25) is 0 Å². The third kappa shape index (κ3) is 10.4. The zero-order valence-corrected chi connectivity index (χ0v) is 18.1. The van der Waals surface area contributed by atoms with E-state index in [1.807, 2.05) is 11.8 Å². The van der Waals surface area contributed by atoms with Crippen molar-refractivity contribution in [2.45, 2.75) is 70.2 Å². The van der Waals surface area contributed by atoms with Crippen LogP contribution >= 0.6 is 11.8 Å². The maximum absolute atomic E-state index is 6.28. The Kier molecular flexibility index (Phi) is 13.4. The molecule has 0 bridgehead atoms. The minimum atomic E-state index is -2.58. The van der Waals surface area contributed by atoms with E-state index in [2.05, 4.69) is 51.1 Å². The number of thioether (sulfide) groups is 1. The average molecular weight is 385 g/mol. The first-order valence-electron chi connectivity index (χ1n) is 9.86. The van der Waals surface area contributed by atoms with E-state index >= 15 is 0 Å². The van der Waals surface area contributed by atoms with Gasteiger partial charge in [-0.1, -0.05) is 58.2 Å². The Bertz CT molecular complexity index is 390. The summed E-state index contributed by atoms with van der Waals surface area (Å²) in [6.45, 7) is 8.81. The molecule has 0 N–H and O–H groups in total. The minimum absolute atomic E-state index is 0.747. The van der Waals surface area contributed by atoms with Crippen LogP contribution in [-0.2, 0) is 13.3 Å². The Hall–Kier alpha value is -0.333. The molecule has 0 saturated heterocycles. The molecular weight excluding hydrogens is 348 g/mol. The third-order valence-electron chi connectivity index (χ3n) is 3.88. The van der Waals surface area contributed by atoms with Crippen LogP contribution in [0.4, 0.5) is 0 Å². The lowest BCUT2D eigenvalue weighted by Crippen LogP contribution is -2.47. The van der Waals surface area contributed by atoms with Crippen LogP contribution in [0.1, 0.15) is 59.3 Å². The van der Waals surface area contributed by atoms with Crippen LogP contribution in [0.15, 0.2) is 35.2 Å². The van der Waals surface area contributed by atoms with Crippen LogP contribution in [0.3, 0.4) is 0 Å². The monoisotopic (exact) mass is 384 g/mol. The van der Waals surface area contributed by atoms with E-state index < -0.39 is 8.80 Å². The molecule has 25 heavy (non-hydrogen) atoms. The molecule has 0 saturated carbocycles. The Morgan fingerprint density at radius 3 is 1.68 bits per heavy atom. The lowest BCUT2D eigenvalue weighted by molar-refractivity contribution is 0.0577. The van der Waals surface area contributed by atoms with Gasteiger partial charge in [-0.15, -0.1) is 11.8 Å². The van der Waals surface area contributed by atoms with Gasteiger partial charge in [0, 0.05) is 36.5 Å². The molecule has 0 aromatic heterocycles. The van der Waals surface area contributed by atoms with Crippen LogP contribution in [0, 0.1) is 0 Å². The highest BCUT2D eigenvalue weighted by atomic mass is 32.2. The topological polar surface area (TPSA) is 27.7 Å². The predicted molar refractivity (Wildman–Crippen MR) is 110 cm³/mol. The molecular formula is C20H36O3SSi. The zero-order valence-electron chi connectivity index (χ0n) is 16.3. The Morgan fingerprint density at radius 1 is 0.760 bits per heavy atom. The van der Waals surface area contributed by atoms with Crippen molar-refractivity contribution in [1.82, 2.24) is 0 Å². The first-order valence-corrected chi connectivity index (χ1v) is 12.8. The van der Waals surface area contributed by atoms with Crippen LogP contribution < -0.4 is 0 Å². The van der Waals surface area contributed by atoms with E-state index in [0.717, 1.165) is 70.1 Å². The summed E-state index contributed by atoms with van der Waals surface area (Å²) >= 11 is 1.86. The van der Waals surface area contributed by atoms with Crippen molar-refractivity contribution in [3.8, 4) is 0 Å². The van der Waals surface area contributed by atoms with Gasteiger partial charge in [0.05, 0.1) is 0 Å². The number of benzene rings is 1. The Balaban J connectivity index is 2.64. The summed E-state index contributed by atoms with van der Waals surface area (Å²) in [6.07, 6.45) is 6.59. The Morgan fingerprint density at radius 2 is 1.24 bits per heavy atom. The largest absolute Gasteiger partial charge is 0.501 e. The molecule has 0 aliphatic rings. The fourth-order valence-electron chi connectivity index (χ4n) is 2.27. The fourth-order valence-corrected chi connectivity index (χ4v) is 6.31. The van der Waals surface area contributed by atoms with Crippen molar-refractivity contribution >= 4 is 20.6 Å². The van der Waals surface area contributed by atoms with Gasteiger partial charge < -0.3 is 13.3 Å². The fraction of sp³-hybridized carbons (Fsp3) is 0.700.